The molecule has 0 aliphatic carbocycles. The van der Waals surface area contributed by atoms with Crippen LogP contribution in [0.2, 0.25) is 0 Å². The molecule has 1 fully saturated rings. The molecule has 1 aliphatic rings. The van der Waals surface area contributed by atoms with Crippen LogP contribution in [0.3, 0.4) is 0 Å². The van der Waals surface area contributed by atoms with Gasteiger partial charge in [-0.2, -0.15) is 0 Å². The summed E-state index contributed by atoms with van der Waals surface area (Å²) in [6.07, 6.45) is -0.854. The molecule has 2 heterocycles. The fourth-order valence-corrected chi connectivity index (χ4v) is 5.47. The molecule has 1 N–H and O–H groups in total. The molecule has 0 bridgehead atoms. The molecule has 1 aromatic heterocycles. The first-order valence-electron chi connectivity index (χ1n) is 15.6. The second-order valence-electron chi connectivity index (χ2n) is 12.0. The summed E-state index contributed by atoms with van der Waals surface area (Å²) in [5.74, 6) is -5.70. The van der Waals surface area contributed by atoms with Crippen molar-refractivity contribution in [3.8, 4) is 11.5 Å². The predicted octanol–water partition coefficient (Wildman–Crippen LogP) is 4.25. The second kappa shape index (κ2) is 15.6. The number of ether oxygens (including phenoxy) is 5. The molecule has 0 spiro atoms. The molecule has 1 amide bonds. The minimum Gasteiger partial charge on any atom is -0.493 e. The molecule has 1 aliphatic heterocycles. The Labute approximate surface area is 279 Å². The number of esters is 4. The van der Waals surface area contributed by atoms with Gasteiger partial charge < -0.3 is 29.0 Å². The Kier molecular flexibility index (Phi) is 11.5. The van der Waals surface area contributed by atoms with Crippen molar-refractivity contribution in [3.05, 3.63) is 88.2 Å². The van der Waals surface area contributed by atoms with Crippen molar-refractivity contribution in [2.24, 2.45) is 11.8 Å². The number of pyridine rings is 1. The van der Waals surface area contributed by atoms with Gasteiger partial charge in [0.2, 0.25) is 5.75 Å². The number of methoxy groups -OCH3 is 1. The van der Waals surface area contributed by atoms with Gasteiger partial charge in [-0.25, -0.2) is 14.6 Å². The maximum Gasteiger partial charge on any atom is 0.344 e. The molecule has 3 aromatic rings. The molecule has 12 nitrogen and oxygen atoms in total. The number of hydrogen-bond donors (Lipinski definition) is 1. The highest BCUT2D eigenvalue weighted by atomic mass is 16.6. The van der Waals surface area contributed by atoms with Crippen LogP contribution >= 0.6 is 0 Å². The van der Waals surface area contributed by atoms with E-state index in [1.54, 1.807) is 39.8 Å². The van der Waals surface area contributed by atoms with Crippen molar-refractivity contribution in [3.63, 3.8) is 0 Å². The van der Waals surface area contributed by atoms with E-state index in [0.717, 1.165) is 11.1 Å². The fourth-order valence-electron chi connectivity index (χ4n) is 5.47. The summed E-state index contributed by atoms with van der Waals surface area (Å²) in [4.78, 5) is 70.7. The van der Waals surface area contributed by atoms with Crippen molar-refractivity contribution in [1.82, 2.24) is 10.3 Å². The summed E-state index contributed by atoms with van der Waals surface area (Å²) in [5.41, 5.74) is 3.06. The Bertz CT molecular complexity index is 1660. The van der Waals surface area contributed by atoms with Gasteiger partial charge in [-0.05, 0) is 50.8 Å². The topological polar surface area (TPSA) is 156 Å². The molecule has 12 heteroatoms. The van der Waals surface area contributed by atoms with E-state index in [-0.39, 0.29) is 23.6 Å². The minimum absolute atomic E-state index is 0.0431. The number of nitrogens with zero attached hydrogens (tertiary/aromatic N) is 1. The molecular weight excluding hydrogens is 620 g/mol. The maximum atomic E-state index is 13.6. The quantitative estimate of drug-likeness (QED) is 0.259. The lowest BCUT2D eigenvalue weighted by Crippen LogP contribution is -2.47. The van der Waals surface area contributed by atoms with Gasteiger partial charge in [-0.3, -0.25) is 14.4 Å². The van der Waals surface area contributed by atoms with Gasteiger partial charge in [-0.15, -0.1) is 0 Å². The van der Waals surface area contributed by atoms with Crippen LogP contribution in [-0.2, 0) is 35.0 Å². The highest BCUT2D eigenvalue weighted by Gasteiger charge is 2.42. The third-order valence-electron chi connectivity index (χ3n) is 7.85. The molecule has 254 valence electrons. The molecule has 4 atom stereocenters. The van der Waals surface area contributed by atoms with Crippen LogP contribution in [0.25, 0.3) is 0 Å². The molecule has 1 unspecified atom stereocenters. The fraction of sp³-hybridized carbons (Fsp3) is 0.389. The molecular formula is C36H40N2O10. The van der Waals surface area contributed by atoms with E-state index >= 15 is 0 Å². The molecule has 2 aromatic carbocycles. The lowest BCUT2D eigenvalue weighted by Gasteiger charge is -2.29. The lowest BCUT2D eigenvalue weighted by atomic mass is 9.91. The average Bonchev–Trinajstić information content (AvgIpc) is 3.06. The number of carbonyl (C=O) groups is 5. The first-order valence-corrected chi connectivity index (χ1v) is 15.6. The van der Waals surface area contributed by atoms with Gasteiger partial charge in [0, 0.05) is 12.3 Å². The number of nitrogens with one attached hydrogen (secondary N) is 1. The van der Waals surface area contributed by atoms with Crippen molar-refractivity contribution in [1.29, 1.82) is 0 Å². The Hall–Kier alpha value is -5.26. The smallest absolute Gasteiger partial charge is 0.344 e. The van der Waals surface area contributed by atoms with E-state index in [1.165, 1.54) is 26.3 Å². The summed E-state index contributed by atoms with van der Waals surface area (Å²) >= 11 is 0. The van der Waals surface area contributed by atoms with Crippen LogP contribution in [0.4, 0.5) is 0 Å². The molecule has 0 saturated carbocycles. The van der Waals surface area contributed by atoms with E-state index in [9.17, 15) is 24.0 Å². The summed E-state index contributed by atoms with van der Waals surface area (Å²) in [7, 11) is 1.33. The normalized spacial score (nSPS) is 19.6. The summed E-state index contributed by atoms with van der Waals surface area (Å²) in [6.45, 7) is 9.65. The van der Waals surface area contributed by atoms with E-state index in [0.29, 0.717) is 16.7 Å². The lowest BCUT2D eigenvalue weighted by molar-refractivity contribution is -0.176. The van der Waals surface area contributed by atoms with Gasteiger partial charge >= 0.3 is 23.9 Å². The zero-order chi connectivity index (χ0) is 35.1. The molecule has 0 radical (unpaired) electrons. The zero-order valence-corrected chi connectivity index (χ0v) is 28.0. The standard InChI is InChI=1S/C36H40N2O10/c1-19(2)33(40)47-30-23(6)46-35(42)26(18-45-34(41)25(30)17-24-11-9-8-10-12-24)38-32(39)29-31(27(44-7)13-14-37-29)48-36(43)28-21(4)15-20(3)16-22(28)5/h8-16,19,23,25-26,30H,17-18H2,1-7H3,(H,38,39)/t23-,25+,26-,30?/m0/s1. The van der Waals surface area contributed by atoms with Crippen molar-refractivity contribution in [2.45, 2.75) is 66.2 Å². The third kappa shape index (κ3) is 8.36. The minimum atomic E-state index is -1.49. The van der Waals surface area contributed by atoms with Crippen LogP contribution < -0.4 is 14.8 Å². The van der Waals surface area contributed by atoms with Crippen molar-refractivity contribution in [2.75, 3.05) is 13.7 Å². The highest BCUT2D eigenvalue weighted by Crippen LogP contribution is 2.32. The third-order valence-corrected chi connectivity index (χ3v) is 7.85. The number of aryl methyl sites for hydroxylation is 3. The molecule has 4 rings (SSSR count). The summed E-state index contributed by atoms with van der Waals surface area (Å²) in [6, 6.07) is 12.7. The summed E-state index contributed by atoms with van der Waals surface area (Å²) < 4.78 is 28.0. The number of amides is 1. The van der Waals surface area contributed by atoms with E-state index in [1.807, 2.05) is 37.3 Å². The van der Waals surface area contributed by atoms with Gasteiger partial charge in [0.1, 0.15) is 18.6 Å². The van der Waals surface area contributed by atoms with Crippen LogP contribution in [0.15, 0.2) is 54.7 Å². The van der Waals surface area contributed by atoms with E-state index in [4.69, 9.17) is 23.7 Å². The molecule has 48 heavy (non-hydrogen) atoms. The van der Waals surface area contributed by atoms with Gasteiger partial charge in [-0.1, -0.05) is 61.9 Å². The first-order chi connectivity index (χ1) is 22.8. The highest BCUT2D eigenvalue weighted by molar-refractivity contribution is 6.01. The predicted molar refractivity (Wildman–Crippen MR) is 173 cm³/mol. The Morgan fingerprint density at radius 2 is 1.67 bits per heavy atom. The molecule has 1 saturated heterocycles. The van der Waals surface area contributed by atoms with E-state index < -0.39 is 66.5 Å². The first kappa shape index (κ1) is 35.6. The van der Waals surface area contributed by atoms with Crippen molar-refractivity contribution >= 4 is 29.8 Å². The Morgan fingerprint density at radius 1 is 1.00 bits per heavy atom. The number of benzene rings is 2. The van der Waals surface area contributed by atoms with Gasteiger partial charge in [0.05, 0.1) is 18.6 Å². The van der Waals surface area contributed by atoms with Gasteiger partial charge in [0.15, 0.2) is 23.6 Å². The maximum absolute atomic E-state index is 13.6. The number of carbonyl (C=O) groups excluding carboxylic acids is 5. The van der Waals surface area contributed by atoms with Crippen LogP contribution in [0.1, 0.15) is 63.9 Å². The van der Waals surface area contributed by atoms with Crippen molar-refractivity contribution < 1.29 is 47.7 Å². The van der Waals surface area contributed by atoms with Crippen LogP contribution in [0, 0.1) is 32.6 Å². The SMILES string of the molecule is COc1ccnc(C(=O)N[C@H]2COC(=O)[C@H](Cc3ccccc3)C(OC(=O)C(C)C)[C@H](C)OC2=O)c1OC(=O)c1c(C)cc(C)cc1C. The van der Waals surface area contributed by atoms with Gasteiger partial charge in [0.25, 0.3) is 5.91 Å². The average molecular weight is 661 g/mol. The number of cyclic esters (lactones) is 2. The number of aromatic nitrogens is 1. The van der Waals surface area contributed by atoms with Crippen LogP contribution in [0.5, 0.6) is 11.5 Å². The van der Waals surface area contributed by atoms with E-state index in [2.05, 4.69) is 10.3 Å². The second-order valence-corrected chi connectivity index (χ2v) is 12.0. The largest absolute Gasteiger partial charge is 0.493 e. The zero-order valence-electron chi connectivity index (χ0n) is 28.0. The number of hydrogen-bond acceptors (Lipinski definition) is 11. The Balaban J connectivity index is 1.61. The summed E-state index contributed by atoms with van der Waals surface area (Å²) in [5, 5.41) is 2.49. The number of rotatable bonds is 9. The Morgan fingerprint density at radius 3 is 2.29 bits per heavy atom. The monoisotopic (exact) mass is 660 g/mol. The van der Waals surface area contributed by atoms with Crippen LogP contribution in [-0.4, -0.2) is 66.7 Å².